The van der Waals surface area contributed by atoms with E-state index in [1.807, 2.05) is 19.9 Å². The number of benzene rings is 2. The number of carbonyl (C=O) groups excluding carboxylic acids is 2. The Morgan fingerprint density at radius 2 is 1.85 bits per heavy atom. The topological polar surface area (TPSA) is 149 Å². The number of urea groups is 1. The summed E-state index contributed by atoms with van der Waals surface area (Å²) in [6.45, 7) is 6.02. The molecule has 2 aromatic carbocycles. The van der Waals surface area contributed by atoms with Crippen LogP contribution in [0.3, 0.4) is 0 Å². The SMILES string of the molecule is CCOc1cc([C@H]2NC(=O)NC(C)=C2C(=O)OC)ccc1OC[C@@H](O)N/N=C/c1cc(I)c(OC)c(OCC)c1. The first-order chi connectivity index (χ1) is 19.2. The summed E-state index contributed by atoms with van der Waals surface area (Å²) in [7, 11) is 2.86. The number of hydrogen-bond donors (Lipinski definition) is 4. The van der Waals surface area contributed by atoms with E-state index in [1.165, 1.54) is 7.11 Å². The van der Waals surface area contributed by atoms with Gasteiger partial charge in [0.2, 0.25) is 0 Å². The highest BCUT2D eigenvalue weighted by Crippen LogP contribution is 2.35. The van der Waals surface area contributed by atoms with Crippen LogP contribution in [0.5, 0.6) is 23.0 Å². The molecular formula is C27H33IN4O8. The standard InChI is InChI=1S/C27H33IN4O8/c1-6-38-20-12-17(24-23(26(34)37-5)15(3)30-27(35)31-24)8-9-19(20)40-14-22(33)32-29-13-16-10-18(28)25(36-4)21(11-16)39-7-2/h8-13,22,24,32-33H,6-7,14H2,1-5H3,(H2,30,31,35)/b29-13+/t22-,24-/m1/s1. The predicted molar refractivity (Wildman–Crippen MR) is 156 cm³/mol. The molecule has 1 aliphatic rings. The molecule has 0 bridgehead atoms. The summed E-state index contributed by atoms with van der Waals surface area (Å²) in [5, 5.41) is 19.8. The van der Waals surface area contributed by atoms with Crippen LogP contribution in [0.4, 0.5) is 4.79 Å². The highest BCUT2D eigenvalue weighted by molar-refractivity contribution is 14.1. The zero-order valence-corrected chi connectivity index (χ0v) is 25.0. The normalized spacial score (nSPS) is 15.7. The number of ether oxygens (including phenoxy) is 5. The van der Waals surface area contributed by atoms with Crippen LogP contribution in [0.25, 0.3) is 0 Å². The largest absolute Gasteiger partial charge is 0.492 e. The Hall–Kier alpha value is -3.72. The van der Waals surface area contributed by atoms with Gasteiger partial charge < -0.3 is 39.4 Å². The number of esters is 1. The van der Waals surface area contributed by atoms with Gasteiger partial charge in [-0.15, -0.1) is 0 Å². The maximum Gasteiger partial charge on any atom is 0.337 e. The number of aliphatic hydroxyl groups excluding tert-OH is 1. The molecule has 0 saturated carbocycles. The quantitative estimate of drug-likeness (QED) is 0.0831. The molecule has 0 aliphatic carbocycles. The number of hydrazone groups is 1. The Morgan fingerprint density at radius 3 is 2.52 bits per heavy atom. The minimum Gasteiger partial charge on any atom is -0.492 e. The third-order valence-electron chi connectivity index (χ3n) is 5.65. The van der Waals surface area contributed by atoms with Crippen molar-refractivity contribution in [3.63, 3.8) is 0 Å². The first-order valence-electron chi connectivity index (χ1n) is 12.4. The zero-order valence-electron chi connectivity index (χ0n) is 22.9. The Labute approximate surface area is 246 Å². The summed E-state index contributed by atoms with van der Waals surface area (Å²) in [6, 6.07) is 7.49. The van der Waals surface area contributed by atoms with E-state index in [0.717, 1.165) is 9.13 Å². The van der Waals surface area contributed by atoms with Gasteiger partial charge in [0.05, 0.1) is 48.8 Å². The van der Waals surface area contributed by atoms with Crippen LogP contribution in [0.1, 0.15) is 37.9 Å². The van der Waals surface area contributed by atoms with Gasteiger partial charge in [0.15, 0.2) is 29.2 Å². The van der Waals surface area contributed by atoms with Crippen LogP contribution in [0.2, 0.25) is 0 Å². The van der Waals surface area contributed by atoms with Crippen molar-refractivity contribution < 1.29 is 38.4 Å². The number of rotatable bonds is 13. The van der Waals surface area contributed by atoms with Gasteiger partial charge in [0.25, 0.3) is 0 Å². The molecule has 2 atom stereocenters. The van der Waals surface area contributed by atoms with Gasteiger partial charge in [-0.25, -0.2) is 9.59 Å². The van der Waals surface area contributed by atoms with Crippen LogP contribution in [-0.4, -0.2) is 63.6 Å². The number of nitrogens with one attached hydrogen (secondary N) is 3. The van der Waals surface area contributed by atoms with Gasteiger partial charge in [-0.1, -0.05) is 6.07 Å². The van der Waals surface area contributed by atoms with Crippen molar-refractivity contribution in [1.29, 1.82) is 0 Å². The molecule has 0 aromatic heterocycles. The third-order valence-corrected chi connectivity index (χ3v) is 6.45. The van der Waals surface area contributed by atoms with Crippen molar-refractivity contribution in [3.8, 4) is 23.0 Å². The third kappa shape index (κ3) is 7.69. The Kier molecular flexibility index (Phi) is 11.3. The molecule has 2 aromatic rings. The van der Waals surface area contributed by atoms with Gasteiger partial charge in [0.1, 0.15) is 6.61 Å². The maximum absolute atomic E-state index is 12.4. The number of halogens is 1. The van der Waals surface area contributed by atoms with Gasteiger partial charge in [0, 0.05) is 5.70 Å². The molecule has 40 heavy (non-hydrogen) atoms. The fourth-order valence-corrected chi connectivity index (χ4v) is 4.79. The van der Waals surface area contributed by atoms with E-state index < -0.39 is 24.3 Å². The van der Waals surface area contributed by atoms with E-state index in [9.17, 15) is 14.7 Å². The minimum atomic E-state index is -1.13. The van der Waals surface area contributed by atoms with Crippen LogP contribution < -0.4 is 35.0 Å². The predicted octanol–water partition coefficient (Wildman–Crippen LogP) is 3.22. The first kappa shape index (κ1) is 30.8. The lowest BCUT2D eigenvalue weighted by molar-refractivity contribution is -0.136. The van der Waals surface area contributed by atoms with Crippen molar-refractivity contribution in [3.05, 3.63) is 56.3 Å². The van der Waals surface area contributed by atoms with Crippen molar-refractivity contribution in [2.75, 3.05) is 34.0 Å². The monoisotopic (exact) mass is 668 g/mol. The molecular weight excluding hydrogens is 635 g/mol. The summed E-state index contributed by atoms with van der Waals surface area (Å²) >= 11 is 2.15. The molecule has 0 unspecified atom stereocenters. The van der Waals surface area contributed by atoms with E-state index in [4.69, 9.17) is 23.7 Å². The Bertz CT molecular complexity index is 1280. The average Bonchev–Trinajstić information content (AvgIpc) is 2.92. The molecule has 4 N–H and O–H groups in total. The van der Waals surface area contributed by atoms with E-state index in [-0.39, 0.29) is 12.2 Å². The van der Waals surface area contributed by atoms with Crippen molar-refractivity contribution in [2.45, 2.75) is 33.0 Å². The second kappa shape index (κ2) is 14.6. The molecule has 1 heterocycles. The molecule has 216 valence electrons. The number of amides is 2. The highest BCUT2D eigenvalue weighted by Gasteiger charge is 2.32. The van der Waals surface area contributed by atoms with E-state index in [0.29, 0.717) is 47.5 Å². The van der Waals surface area contributed by atoms with Gasteiger partial charge in [-0.2, -0.15) is 5.10 Å². The molecule has 0 fully saturated rings. The number of hydrogen-bond acceptors (Lipinski definition) is 10. The maximum atomic E-state index is 12.4. The smallest absolute Gasteiger partial charge is 0.337 e. The molecule has 3 rings (SSSR count). The minimum absolute atomic E-state index is 0.141. The number of aliphatic hydroxyl groups is 1. The molecule has 0 saturated heterocycles. The molecule has 1 aliphatic heterocycles. The van der Waals surface area contributed by atoms with Crippen LogP contribution >= 0.6 is 22.6 Å². The number of methoxy groups -OCH3 is 2. The molecule has 0 radical (unpaired) electrons. The number of allylic oxidation sites excluding steroid dienone is 1. The number of nitrogens with zero attached hydrogens (tertiary/aromatic N) is 1. The number of carbonyl (C=O) groups is 2. The molecule has 0 spiro atoms. The Balaban J connectivity index is 1.70. The fraction of sp³-hybridized carbons (Fsp3) is 0.370. The highest BCUT2D eigenvalue weighted by atomic mass is 127. The van der Waals surface area contributed by atoms with Gasteiger partial charge in [-0.05, 0) is 78.8 Å². The zero-order chi connectivity index (χ0) is 29.2. The van der Waals surface area contributed by atoms with Crippen LogP contribution in [0.15, 0.2) is 46.7 Å². The van der Waals surface area contributed by atoms with Crippen molar-refractivity contribution in [2.24, 2.45) is 5.10 Å². The van der Waals surface area contributed by atoms with Crippen molar-refractivity contribution >= 4 is 40.8 Å². The lowest BCUT2D eigenvalue weighted by Crippen LogP contribution is -2.45. The summed E-state index contributed by atoms with van der Waals surface area (Å²) in [5.41, 5.74) is 4.64. The second-order valence-corrected chi connectivity index (χ2v) is 9.54. The lowest BCUT2D eigenvalue weighted by Gasteiger charge is -2.28. The summed E-state index contributed by atoms with van der Waals surface area (Å²) < 4.78 is 28.3. The average molecular weight is 668 g/mol. The van der Waals surface area contributed by atoms with Crippen molar-refractivity contribution in [1.82, 2.24) is 16.1 Å². The van der Waals surface area contributed by atoms with Crippen LogP contribution in [0, 0.1) is 3.57 Å². The van der Waals surface area contributed by atoms with Gasteiger partial charge >= 0.3 is 12.0 Å². The molecule has 13 heteroatoms. The lowest BCUT2D eigenvalue weighted by atomic mass is 9.95. The van der Waals surface area contributed by atoms with Crippen LogP contribution in [-0.2, 0) is 9.53 Å². The first-order valence-corrected chi connectivity index (χ1v) is 13.5. The van der Waals surface area contributed by atoms with E-state index >= 15 is 0 Å². The Morgan fingerprint density at radius 1 is 1.12 bits per heavy atom. The fourth-order valence-electron chi connectivity index (χ4n) is 3.94. The molecule has 2 amide bonds. The summed E-state index contributed by atoms with van der Waals surface area (Å²) in [4.78, 5) is 24.5. The van der Waals surface area contributed by atoms with E-state index in [2.05, 4.69) is 43.8 Å². The van der Waals surface area contributed by atoms with E-state index in [1.54, 1.807) is 44.5 Å². The van der Waals surface area contributed by atoms with Gasteiger partial charge in [-0.3, -0.25) is 5.43 Å². The second-order valence-electron chi connectivity index (χ2n) is 8.38. The molecule has 12 nitrogen and oxygen atoms in total. The summed E-state index contributed by atoms with van der Waals surface area (Å²) in [5.74, 6) is 1.42. The summed E-state index contributed by atoms with van der Waals surface area (Å²) in [6.07, 6.45) is 0.421.